The number of hydrogen-bond donors (Lipinski definition) is 0. The van der Waals surface area contributed by atoms with E-state index in [4.69, 9.17) is 7.85 Å². The average molecular weight is 260 g/mol. The maximum Gasteiger partial charge on any atom is 0.0993 e. The van der Waals surface area contributed by atoms with Crippen molar-refractivity contribution in [3.8, 4) is 0 Å². The molecule has 0 bridgehead atoms. The Morgan fingerprint density at radius 3 is 2.47 bits per heavy atom. The van der Waals surface area contributed by atoms with Crippen molar-refractivity contribution < 1.29 is 0 Å². The molecule has 0 spiro atoms. The Morgan fingerprint density at radius 2 is 1.84 bits per heavy atom. The SMILES string of the molecule is [B]C1CCCCCCC2C(CC(=NC)N2C(C)C)C1. The molecule has 3 atom stereocenters. The highest BCUT2D eigenvalue weighted by molar-refractivity contribution is 6.11. The molecule has 0 aromatic rings. The van der Waals surface area contributed by atoms with E-state index in [0.29, 0.717) is 17.9 Å². The van der Waals surface area contributed by atoms with Gasteiger partial charge in [0.05, 0.1) is 13.7 Å². The lowest BCUT2D eigenvalue weighted by Crippen LogP contribution is -2.40. The summed E-state index contributed by atoms with van der Waals surface area (Å²) in [6, 6.07) is 1.25. The van der Waals surface area contributed by atoms with Gasteiger partial charge in [0.25, 0.3) is 0 Å². The zero-order chi connectivity index (χ0) is 13.8. The third-order valence-corrected chi connectivity index (χ3v) is 4.89. The highest BCUT2D eigenvalue weighted by Gasteiger charge is 2.39. The van der Waals surface area contributed by atoms with Gasteiger partial charge in [0.15, 0.2) is 0 Å². The van der Waals surface area contributed by atoms with Crippen LogP contribution in [0.5, 0.6) is 0 Å². The molecular weight excluding hydrogens is 231 g/mol. The van der Waals surface area contributed by atoms with Gasteiger partial charge in [-0.15, -0.1) is 0 Å². The molecule has 1 aliphatic carbocycles. The zero-order valence-electron chi connectivity index (χ0n) is 12.9. The zero-order valence-corrected chi connectivity index (χ0v) is 12.9. The third-order valence-electron chi connectivity index (χ3n) is 4.89. The molecule has 0 aromatic heterocycles. The van der Waals surface area contributed by atoms with E-state index in [1.807, 2.05) is 7.05 Å². The summed E-state index contributed by atoms with van der Waals surface area (Å²) < 4.78 is 0. The molecule has 2 nitrogen and oxygen atoms in total. The van der Waals surface area contributed by atoms with Crippen molar-refractivity contribution in [1.82, 2.24) is 4.90 Å². The van der Waals surface area contributed by atoms with Crippen LogP contribution in [0.15, 0.2) is 4.99 Å². The largest absolute Gasteiger partial charge is 0.355 e. The van der Waals surface area contributed by atoms with Gasteiger partial charge in [0.2, 0.25) is 0 Å². The fourth-order valence-corrected chi connectivity index (χ4v) is 4.02. The predicted molar refractivity (Wildman–Crippen MR) is 84.1 cm³/mol. The van der Waals surface area contributed by atoms with Gasteiger partial charge in [-0.05, 0) is 26.2 Å². The predicted octanol–water partition coefficient (Wildman–Crippen LogP) is 3.81. The maximum absolute atomic E-state index is 6.33. The molecule has 106 valence electrons. The lowest BCUT2D eigenvalue weighted by molar-refractivity contribution is 0.208. The summed E-state index contributed by atoms with van der Waals surface area (Å²) in [5.74, 6) is 2.45. The molecule has 1 heterocycles. The van der Waals surface area contributed by atoms with Crippen LogP contribution in [-0.2, 0) is 0 Å². The van der Waals surface area contributed by atoms with Gasteiger partial charge in [-0.2, -0.15) is 0 Å². The fourth-order valence-electron chi connectivity index (χ4n) is 4.02. The lowest BCUT2D eigenvalue weighted by atomic mass is 9.73. The van der Waals surface area contributed by atoms with E-state index >= 15 is 0 Å². The molecule has 0 N–H and O–H groups in total. The van der Waals surface area contributed by atoms with E-state index in [1.54, 1.807) is 0 Å². The third kappa shape index (κ3) is 3.55. The molecular formula is C16H29BN2. The Bertz CT molecular complexity index is 314. The Kier molecular flexibility index (Phi) is 5.35. The number of amidine groups is 1. The molecule has 3 unspecified atom stereocenters. The summed E-state index contributed by atoms with van der Waals surface area (Å²) in [5, 5.41) is 0. The molecule has 2 radical (unpaired) electrons. The first kappa shape index (κ1) is 14.9. The highest BCUT2D eigenvalue weighted by Crippen LogP contribution is 2.38. The fraction of sp³-hybridized carbons (Fsp3) is 0.938. The van der Waals surface area contributed by atoms with Crippen LogP contribution < -0.4 is 0 Å². The van der Waals surface area contributed by atoms with Crippen LogP contribution in [0.4, 0.5) is 0 Å². The van der Waals surface area contributed by atoms with Crippen LogP contribution in [-0.4, -0.2) is 37.7 Å². The van der Waals surface area contributed by atoms with Gasteiger partial charge < -0.3 is 4.90 Å². The van der Waals surface area contributed by atoms with E-state index in [-0.39, 0.29) is 0 Å². The molecule has 1 saturated heterocycles. The van der Waals surface area contributed by atoms with Gasteiger partial charge in [0.1, 0.15) is 0 Å². The number of aliphatic imine (C=N–C) groups is 1. The van der Waals surface area contributed by atoms with Crippen LogP contribution in [0.1, 0.15) is 65.2 Å². The molecule has 2 aliphatic rings. The van der Waals surface area contributed by atoms with Crippen LogP contribution in [0, 0.1) is 5.92 Å². The minimum atomic E-state index is 0.399. The highest BCUT2D eigenvalue weighted by atomic mass is 15.3. The topological polar surface area (TPSA) is 15.6 Å². The molecule has 2 rings (SSSR count). The van der Waals surface area contributed by atoms with E-state index < -0.39 is 0 Å². The molecule has 2 fully saturated rings. The summed E-state index contributed by atoms with van der Waals surface area (Å²) >= 11 is 0. The Labute approximate surface area is 120 Å². The Morgan fingerprint density at radius 1 is 1.16 bits per heavy atom. The van der Waals surface area contributed by atoms with Crippen molar-refractivity contribution in [1.29, 1.82) is 0 Å². The smallest absolute Gasteiger partial charge is 0.0993 e. The van der Waals surface area contributed by atoms with Crippen molar-refractivity contribution in [3.63, 3.8) is 0 Å². The van der Waals surface area contributed by atoms with Crippen molar-refractivity contribution in [2.75, 3.05) is 7.05 Å². The van der Waals surface area contributed by atoms with Crippen LogP contribution >= 0.6 is 0 Å². The minimum absolute atomic E-state index is 0.399. The number of likely N-dealkylation sites (tertiary alicyclic amines) is 1. The molecule has 1 aliphatic heterocycles. The maximum atomic E-state index is 6.33. The van der Waals surface area contributed by atoms with E-state index in [0.717, 1.165) is 12.3 Å². The van der Waals surface area contributed by atoms with Crippen molar-refractivity contribution in [3.05, 3.63) is 0 Å². The van der Waals surface area contributed by atoms with Crippen LogP contribution in [0.3, 0.4) is 0 Å². The quantitative estimate of drug-likeness (QED) is 0.654. The molecule has 3 heteroatoms. The normalized spacial score (nSPS) is 35.7. The first-order valence-electron chi connectivity index (χ1n) is 8.13. The average Bonchev–Trinajstić information content (AvgIpc) is 2.72. The van der Waals surface area contributed by atoms with E-state index in [1.165, 1.54) is 50.8 Å². The molecule has 19 heavy (non-hydrogen) atoms. The number of nitrogens with zero attached hydrogens (tertiary/aromatic N) is 2. The van der Waals surface area contributed by atoms with Crippen molar-refractivity contribution in [2.45, 2.75) is 83.1 Å². The second kappa shape index (κ2) is 6.81. The number of hydrogen-bond acceptors (Lipinski definition) is 1. The summed E-state index contributed by atoms with van der Waals surface area (Å²) in [4.78, 5) is 7.13. The number of fused-ring (bicyclic) bond motifs is 1. The summed E-state index contributed by atoms with van der Waals surface area (Å²) in [5.41, 5.74) is 0. The first-order chi connectivity index (χ1) is 9.13. The van der Waals surface area contributed by atoms with E-state index in [2.05, 4.69) is 23.7 Å². The monoisotopic (exact) mass is 260 g/mol. The summed E-state index contributed by atoms with van der Waals surface area (Å²) in [7, 11) is 8.28. The number of rotatable bonds is 1. The van der Waals surface area contributed by atoms with Gasteiger partial charge in [-0.1, -0.05) is 44.3 Å². The second-order valence-corrected chi connectivity index (χ2v) is 6.66. The van der Waals surface area contributed by atoms with Crippen LogP contribution in [0.2, 0.25) is 5.82 Å². The molecule has 1 saturated carbocycles. The summed E-state index contributed by atoms with van der Waals surface area (Å²) in [6.45, 7) is 4.60. The Balaban J connectivity index is 2.15. The van der Waals surface area contributed by atoms with Gasteiger partial charge in [-0.3, -0.25) is 4.99 Å². The standard InChI is InChI=1S/C16H29BN2/c1-12(2)19-15-9-7-5-4-6-8-14(17)10-13(15)11-16(19)18-3/h12-15H,4-11H2,1-3H3. The minimum Gasteiger partial charge on any atom is -0.355 e. The van der Waals surface area contributed by atoms with Crippen molar-refractivity contribution in [2.24, 2.45) is 10.9 Å². The van der Waals surface area contributed by atoms with Crippen molar-refractivity contribution >= 4 is 13.7 Å². The van der Waals surface area contributed by atoms with E-state index in [9.17, 15) is 0 Å². The second-order valence-electron chi connectivity index (χ2n) is 6.66. The Hall–Kier alpha value is -0.465. The summed E-state index contributed by atoms with van der Waals surface area (Å²) in [6.07, 6.45) is 10.3. The van der Waals surface area contributed by atoms with Gasteiger partial charge >= 0.3 is 0 Å². The van der Waals surface area contributed by atoms with Gasteiger partial charge in [-0.25, -0.2) is 0 Å². The first-order valence-corrected chi connectivity index (χ1v) is 8.13. The van der Waals surface area contributed by atoms with Gasteiger partial charge in [0, 0.05) is 25.6 Å². The molecule has 0 amide bonds. The lowest BCUT2D eigenvalue weighted by Gasteiger charge is -2.34. The van der Waals surface area contributed by atoms with Crippen LogP contribution in [0.25, 0.3) is 0 Å². The molecule has 0 aromatic carbocycles.